The topological polar surface area (TPSA) is 43.4 Å². The van der Waals surface area contributed by atoms with Crippen molar-refractivity contribution < 1.29 is 14.3 Å². The van der Waals surface area contributed by atoms with E-state index in [0.29, 0.717) is 28.7 Å². The second-order valence-electron chi connectivity index (χ2n) is 7.09. The van der Waals surface area contributed by atoms with Crippen molar-refractivity contribution in [3.8, 4) is 0 Å². The molecule has 0 aliphatic heterocycles. The van der Waals surface area contributed by atoms with E-state index in [1.807, 2.05) is 19.1 Å². The fourth-order valence-corrected chi connectivity index (χ4v) is 4.04. The maximum absolute atomic E-state index is 12.6. The Labute approximate surface area is 165 Å². The van der Waals surface area contributed by atoms with Gasteiger partial charge >= 0.3 is 5.97 Å². The monoisotopic (exact) mass is 384 g/mol. The molecule has 3 rings (SSSR count). The van der Waals surface area contributed by atoms with Gasteiger partial charge in [0.1, 0.15) is 0 Å². The number of rotatable bonds is 6. The standard InChI is InChI=1S/C23H25ClO3/c1-2-27-23(26)21(16-6-4-3-5-7-16)17-8-10-18(11-9-17)22(25)19-12-14-20(24)15-13-19/h8-16,21H,2-7H2,1H3. The van der Waals surface area contributed by atoms with Gasteiger partial charge < -0.3 is 4.74 Å². The van der Waals surface area contributed by atoms with Crippen molar-refractivity contribution >= 4 is 23.4 Å². The molecule has 3 nitrogen and oxygen atoms in total. The molecule has 0 bridgehead atoms. The third kappa shape index (κ3) is 4.78. The first-order valence-electron chi connectivity index (χ1n) is 9.67. The molecular formula is C23H25ClO3. The molecule has 0 amide bonds. The van der Waals surface area contributed by atoms with Crippen molar-refractivity contribution in [2.24, 2.45) is 5.92 Å². The molecule has 2 aromatic rings. The SMILES string of the molecule is CCOC(=O)C(c1ccc(C(=O)c2ccc(Cl)cc2)cc1)C1CCCCC1. The number of carbonyl (C=O) groups is 2. The summed E-state index contributed by atoms with van der Waals surface area (Å²) in [5.41, 5.74) is 2.14. The average Bonchev–Trinajstić information content (AvgIpc) is 2.70. The Morgan fingerprint density at radius 1 is 0.963 bits per heavy atom. The first-order valence-corrected chi connectivity index (χ1v) is 10.0. The number of benzene rings is 2. The Kier molecular flexibility index (Phi) is 6.68. The normalized spacial score (nSPS) is 15.9. The third-order valence-corrected chi connectivity index (χ3v) is 5.55. The quantitative estimate of drug-likeness (QED) is 0.467. The zero-order valence-electron chi connectivity index (χ0n) is 15.6. The Bertz CT molecular complexity index is 774. The summed E-state index contributed by atoms with van der Waals surface area (Å²) in [4.78, 5) is 25.3. The predicted molar refractivity (Wildman–Crippen MR) is 107 cm³/mol. The van der Waals surface area contributed by atoms with E-state index in [-0.39, 0.29) is 17.7 Å². The van der Waals surface area contributed by atoms with E-state index in [4.69, 9.17) is 16.3 Å². The van der Waals surface area contributed by atoms with Crippen LogP contribution in [0.4, 0.5) is 0 Å². The van der Waals surface area contributed by atoms with Crippen molar-refractivity contribution in [3.05, 3.63) is 70.2 Å². The Morgan fingerprint density at radius 2 is 1.52 bits per heavy atom. The first-order chi connectivity index (χ1) is 13.1. The third-order valence-electron chi connectivity index (χ3n) is 5.30. The number of hydrogen-bond acceptors (Lipinski definition) is 3. The zero-order chi connectivity index (χ0) is 19.2. The van der Waals surface area contributed by atoms with Crippen LogP contribution < -0.4 is 0 Å². The van der Waals surface area contributed by atoms with Crippen LogP contribution in [0.25, 0.3) is 0 Å². The summed E-state index contributed by atoms with van der Waals surface area (Å²) in [6.07, 6.45) is 5.66. The van der Waals surface area contributed by atoms with Gasteiger partial charge in [0.05, 0.1) is 12.5 Å². The van der Waals surface area contributed by atoms with E-state index >= 15 is 0 Å². The molecular weight excluding hydrogens is 360 g/mol. The molecule has 0 saturated heterocycles. The lowest BCUT2D eigenvalue weighted by Crippen LogP contribution is -2.26. The highest BCUT2D eigenvalue weighted by molar-refractivity contribution is 6.30. The molecule has 4 heteroatoms. The highest BCUT2D eigenvalue weighted by Crippen LogP contribution is 2.37. The highest BCUT2D eigenvalue weighted by atomic mass is 35.5. The Morgan fingerprint density at radius 3 is 2.07 bits per heavy atom. The summed E-state index contributed by atoms with van der Waals surface area (Å²) in [6, 6.07) is 14.3. The number of ketones is 1. The molecule has 0 N–H and O–H groups in total. The van der Waals surface area contributed by atoms with Crippen LogP contribution in [0.2, 0.25) is 5.02 Å². The number of esters is 1. The lowest BCUT2D eigenvalue weighted by atomic mass is 9.76. The van der Waals surface area contributed by atoms with Crippen molar-refractivity contribution in [2.45, 2.75) is 44.9 Å². The lowest BCUT2D eigenvalue weighted by Gasteiger charge is -2.29. The maximum Gasteiger partial charge on any atom is 0.313 e. The summed E-state index contributed by atoms with van der Waals surface area (Å²) >= 11 is 5.89. The fourth-order valence-electron chi connectivity index (χ4n) is 3.91. The minimum atomic E-state index is -0.245. The molecule has 1 aliphatic rings. The average molecular weight is 385 g/mol. The molecule has 1 atom stereocenters. The molecule has 142 valence electrons. The van der Waals surface area contributed by atoms with Crippen LogP contribution in [-0.2, 0) is 9.53 Å². The highest BCUT2D eigenvalue weighted by Gasteiger charge is 2.32. The molecule has 0 heterocycles. The molecule has 0 aromatic heterocycles. The zero-order valence-corrected chi connectivity index (χ0v) is 16.4. The largest absolute Gasteiger partial charge is 0.466 e. The van der Waals surface area contributed by atoms with Crippen LogP contribution in [0.5, 0.6) is 0 Å². The molecule has 1 aliphatic carbocycles. The van der Waals surface area contributed by atoms with E-state index < -0.39 is 0 Å². The number of carbonyl (C=O) groups excluding carboxylic acids is 2. The van der Waals surface area contributed by atoms with Gasteiger partial charge in [0, 0.05) is 16.1 Å². The number of halogens is 1. The van der Waals surface area contributed by atoms with Crippen molar-refractivity contribution in [3.63, 3.8) is 0 Å². The van der Waals surface area contributed by atoms with Crippen LogP contribution >= 0.6 is 11.6 Å². The van der Waals surface area contributed by atoms with Gasteiger partial charge in [0.25, 0.3) is 0 Å². The van der Waals surface area contributed by atoms with Crippen LogP contribution in [-0.4, -0.2) is 18.4 Å². The molecule has 27 heavy (non-hydrogen) atoms. The van der Waals surface area contributed by atoms with E-state index in [1.165, 1.54) is 6.42 Å². The maximum atomic E-state index is 12.6. The second-order valence-corrected chi connectivity index (χ2v) is 7.52. The van der Waals surface area contributed by atoms with Gasteiger partial charge in [-0.05, 0) is 55.5 Å². The summed E-state index contributed by atoms with van der Waals surface area (Å²) < 4.78 is 5.35. The van der Waals surface area contributed by atoms with Gasteiger partial charge in [-0.25, -0.2) is 0 Å². The van der Waals surface area contributed by atoms with Gasteiger partial charge in [-0.1, -0.05) is 55.1 Å². The van der Waals surface area contributed by atoms with Crippen LogP contribution in [0.1, 0.15) is 66.4 Å². The first kappa shape index (κ1) is 19.6. The summed E-state index contributed by atoms with van der Waals surface area (Å²) in [6.45, 7) is 2.22. The van der Waals surface area contributed by atoms with E-state index in [2.05, 4.69) is 0 Å². The molecule has 0 spiro atoms. The summed E-state index contributed by atoms with van der Waals surface area (Å²) in [7, 11) is 0. The summed E-state index contributed by atoms with van der Waals surface area (Å²) in [5.74, 6) is -0.134. The van der Waals surface area contributed by atoms with E-state index in [1.54, 1.807) is 36.4 Å². The fraction of sp³-hybridized carbons (Fsp3) is 0.391. The van der Waals surface area contributed by atoms with Crippen molar-refractivity contribution in [1.29, 1.82) is 0 Å². The summed E-state index contributed by atoms with van der Waals surface area (Å²) in [5, 5.41) is 0.603. The van der Waals surface area contributed by atoms with Crippen molar-refractivity contribution in [2.75, 3.05) is 6.61 Å². The van der Waals surface area contributed by atoms with Gasteiger partial charge in [-0.15, -0.1) is 0 Å². The van der Waals surface area contributed by atoms with Crippen LogP contribution in [0.15, 0.2) is 48.5 Å². The van der Waals surface area contributed by atoms with Crippen LogP contribution in [0, 0.1) is 5.92 Å². The minimum absolute atomic E-state index is 0.0523. The minimum Gasteiger partial charge on any atom is -0.466 e. The predicted octanol–water partition coefficient (Wildman–Crippen LogP) is 5.80. The lowest BCUT2D eigenvalue weighted by molar-refractivity contribution is -0.146. The molecule has 2 aromatic carbocycles. The molecule has 1 fully saturated rings. The number of ether oxygens (including phenoxy) is 1. The van der Waals surface area contributed by atoms with Gasteiger partial charge in [-0.2, -0.15) is 0 Å². The Hall–Kier alpha value is -2.13. The van der Waals surface area contributed by atoms with Gasteiger partial charge in [0.2, 0.25) is 0 Å². The smallest absolute Gasteiger partial charge is 0.313 e. The molecule has 1 saturated carbocycles. The van der Waals surface area contributed by atoms with E-state index in [0.717, 1.165) is 31.2 Å². The van der Waals surface area contributed by atoms with Gasteiger partial charge in [-0.3, -0.25) is 9.59 Å². The second kappa shape index (κ2) is 9.18. The molecule has 1 unspecified atom stereocenters. The molecule has 0 radical (unpaired) electrons. The van der Waals surface area contributed by atoms with Crippen molar-refractivity contribution in [1.82, 2.24) is 0 Å². The van der Waals surface area contributed by atoms with E-state index in [9.17, 15) is 9.59 Å². The number of hydrogen-bond donors (Lipinski definition) is 0. The van der Waals surface area contributed by atoms with Gasteiger partial charge in [0.15, 0.2) is 5.78 Å². The van der Waals surface area contributed by atoms with Crippen LogP contribution in [0.3, 0.4) is 0 Å². The Balaban J connectivity index is 1.82.